The molecule has 3 rings (SSSR count). The molecule has 0 spiro atoms. The van der Waals surface area contributed by atoms with Crippen molar-refractivity contribution in [2.45, 2.75) is 6.54 Å². The van der Waals surface area contributed by atoms with Gasteiger partial charge in [0, 0.05) is 22.3 Å². The van der Waals surface area contributed by atoms with Gasteiger partial charge >= 0.3 is 0 Å². The Hall–Kier alpha value is -1.96. The number of nitrogens with one attached hydrogen (secondary N) is 2. The summed E-state index contributed by atoms with van der Waals surface area (Å²) in [5.41, 5.74) is 2.14. The topological polar surface area (TPSA) is 58.2 Å². The van der Waals surface area contributed by atoms with Crippen LogP contribution in [0.3, 0.4) is 0 Å². The fourth-order valence-corrected chi connectivity index (χ4v) is 4.23. The van der Waals surface area contributed by atoms with E-state index in [1.54, 1.807) is 24.3 Å². The van der Waals surface area contributed by atoms with E-state index < -0.39 is 0 Å². The summed E-state index contributed by atoms with van der Waals surface area (Å²) in [6.45, 7) is 0.346. The number of carbonyl (C=O) groups is 2. The van der Waals surface area contributed by atoms with Gasteiger partial charge in [-0.1, -0.05) is 30.3 Å². The van der Waals surface area contributed by atoms with E-state index >= 15 is 0 Å². The molecule has 1 aromatic heterocycles. The number of hydrogen-bond acceptors (Lipinski definition) is 3. The van der Waals surface area contributed by atoms with Crippen LogP contribution < -0.4 is 10.6 Å². The number of carbonyl (C=O) groups excluding carboxylic acids is 2. The third-order valence-corrected chi connectivity index (χ3v) is 6.80. The molecule has 2 N–H and O–H groups in total. The van der Waals surface area contributed by atoms with Crippen LogP contribution in [0.25, 0.3) is 0 Å². The first-order chi connectivity index (χ1) is 12.5. The molecule has 3 aromatic rings. The Balaban J connectivity index is 1.63. The molecule has 0 aliphatic rings. The lowest BCUT2D eigenvalue weighted by molar-refractivity contribution is 0.0954. The molecule has 0 saturated heterocycles. The highest BCUT2D eigenvalue weighted by Gasteiger charge is 2.12. The molecule has 0 saturated carbocycles. The van der Waals surface area contributed by atoms with Crippen molar-refractivity contribution in [2.24, 2.45) is 0 Å². The Morgan fingerprint density at radius 3 is 2.38 bits per heavy atom. The van der Waals surface area contributed by atoms with Crippen molar-refractivity contribution in [1.29, 1.82) is 0 Å². The zero-order valence-corrected chi connectivity index (χ0v) is 17.4. The lowest BCUT2D eigenvalue weighted by Gasteiger charge is -2.08. The molecular formula is C19H14Br2N2O2S. The van der Waals surface area contributed by atoms with Crippen LogP contribution in [0, 0.1) is 0 Å². The second-order valence-electron chi connectivity index (χ2n) is 5.44. The largest absolute Gasteiger partial charge is 0.347 e. The average Bonchev–Trinajstić information content (AvgIpc) is 2.99. The van der Waals surface area contributed by atoms with Crippen molar-refractivity contribution in [2.75, 3.05) is 5.32 Å². The number of thiophene rings is 1. The first-order valence-corrected chi connectivity index (χ1v) is 10.1. The number of halogens is 2. The molecule has 2 amide bonds. The van der Waals surface area contributed by atoms with Gasteiger partial charge in [-0.25, -0.2) is 0 Å². The van der Waals surface area contributed by atoms with Crippen LogP contribution in [0.4, 0.5) is 5.69 Å². The van der Waals surface area contributed by atoms with Crippen LogP contribution in [-0.2, 0) is 6.54 Å². The van der Waals surface area contributed by atoms with Gasteiger partial charge in [0.25, 0.3) is 11.8 Å². The first-order valence-electron chi connectivity index (χ1n) is 7.71. The van der Waals surface area contributed by atoms with Crippen molar-refractivity contribution >= 4 is 60.7 Å². The fraction of sp³-hybridized carbons (Fsp3) is 0.0526. The Bertz CT molecular complexity index is 922. The number of para-hydroxylation sites is 1. The third kappa shape index (κ3) is 4.81. The van der Waals surface area contributed by atoms with Crippen LogP contribution in [-0.4, -0.2) is 11.8 Å². The highest BCUT2D eigenvalue weighted by Crippen LogP contribution is 2.32. The SMILES string of the molecule is O=C(Nc1ccccc1)c1cccc(CNC(=O)c2cc(Br)c(Br)s2)c1. The van der Waals surface area contributed by atoms with Crippen molar-refractivity contribution in [3.63, 3.8) is 0 Å². The molecule has 26 heavy (non-hydrogen) atoms. The maximum absolute atomic E-state index is 12.4. The second kappa shape index (κ2) is 8.62. The van der Waals surface area contributed by atoms with E-state index in [4.69, 9.17) is 0 Å². The molecule has 7 heteroatoms. The number of hydrogen-bond donors (Lipinski definition) is 2. The highest BCUT2D eigenvalue weighted by molar-refractivity contribution is 9.13. The highest BCUT2D eigenvalue weighted by atomic mass is 79.9. The summed E-state index contributed by atoms with van der Waals surface area (Å²) in [5, 5.41) is 5.72. The minimum absolute atomic E-state index is 0.152. The third-order valence-electron chi connectivity index (χ3n) is 3.54. The Labute approximate surface area is 171 Å². The van der Waals surface area contributed by atoms with Crippen LogP contribution in [0.5, 0.6) is 0 Å². The zero-order valence-electron chi connectivity index (χ0n) is 13.5. The Morgan fingerprint density at radius 1 is 0.923 bits per heavy atom. The molecule has 4 nitrogen and oxygen atoms in total. The molecule has 0 aliphatic heterocycles. The summed E-state index contributed by atoms with van der Waals surface area (Å²) in [5.74, 6) is -0.337. The van der Waals surface area contributed by atoms with Gasteiger partial charge in [-0.15, -0.1) is 11.3 Å². The van der Waals surface area contributed by atoms with Gasteiger partial charge < -0.3 is 10.6 Å². The molecule has 0 fully saturated rings. The molecule has 1 heterocycles. The minimum atomic E-state index is -0.185. The van der Waals surface area contributed by atoms with Gasteiger partial charge in [0.1, 0.15) is 0 Å². The van der Waals surface area contributed by atoms with Gasteiger partial charge in [-0.3, -0.25) is 9.59 Å². The van der Waals surface area contributed by atoms with E-state index in [-0.39, 0.29) is 11.8 Å². The van der Waals surface area contributed by atoms with Crippen LogP contribution in [0.15, 0.2) is 68.9 Å². The number of rotatable bonds is 5. The maximum Gasteiger partial charge on any atom is 0.261 e. The van der Waals surface area contributed by atoms with E-state index in [9.17, 15) is 9.59 Å². The molecule has 0 bridgehead atoms. The van der Waals surface area contributed by atoms with E-state index in [1.807, 2.05) is 36.4 Å². The average molecular weight is 494 g/mol. The smallest absolute Gasteiger partial charge is 0.261 e. The molecule has 0 atom stereocenters. The lowest BCUT2D eigenvalue weighted by Crippen LogP contribution is -2.22. The lowest BCUT2D eigenvalue weighted by atomic mass is 10.1. The molecule has 0 radical (unpaired) electrons. The van der Waals surface area contributed by atoms with Gasteiger partial charge in [-0.2, -0.15) is 0 Å². The maximum atomic E-state index is 12.4. The summed E-state index contributed by atoms with van der Waals surface area (Å²) in [6.07, 6.45) is 0. The predicted molar refractivity (Wildman–Crippen MR) is 112 cm³/mol. The van der Waals surface area contributed by atoms with E-state index in [0.29, 0.717) is 17.0 Å². The Morgan fingerprint density at radius 2 is 1.69 bits per heavy atom. The summed E-state index contributed by atoms with van der Waals surface area (Å²) >= 11 is 8.11. The van der Waals surface area contributed by atoms with Crippen molar-refractivity contribution in [3.05, 3.63) is 84.9 Å². The van der Waals surface area contributed by atoms with Gasteiger partial charge in [0.15, 0.2) is 0 Å². The number of benzene rings is 2. The summed E-state index contributed by atoms with van der Waals surface area (Å²) in [7, 11) is 0. The molecule has 0 aliphatic carbocycles. The molecule has 132 valence electrons. The van der Waals surface area contributed by atoms with E-state index in [2.05, 4.69) is 42.5 Å². The van der Waals surface area contributed by atoms with Crippen LogP contribution in [0.2, 0.25) is 0 Å². The monoisotopic (exact) mass is 492 g/mol. The van der Waals surface area contributed by atoms with Crippen LogP contribution >= 0.6 is 43.2 Å². The quantitative estimate of drug-likeness (QED) is 0.496. The van der Waals surface area contributed by atoms with Crippen LogP contribution in [0.1, 0.15) is 25.6 Å². The molecule has 2 aromatic carbocycles. The van der Waals surface area contributed by atoms with E-state index in [0.717, 1.165) is 19.5 Å². The van der Waals surface area contributed by atoms with Gasteiger partial charge in [-0.05, 0) is 67.8 Å². The molecular weight excluding hydrogens is 480 g/mol. The van der Waals surface area contributed by atoms with Gasteiger partial charge in [0.2, 0.25) is 0 Å². The predicted octanol–water partition coefficient (Wildman–Crippen LogP) is 5.46. The Kier molecular flexibility index (Phi) is 6.24. The van der Waals surface area contributed by atoms with Crippen molar-refractivity contribution in [3.8, 4) is 0 Å². The zero-order chi connectivity index (χ0) is 18.5. The first kappa shape index (κ1) is 18.8. The fourth-order valence-electron chi connectivity index (χ4n) is 2.28. The summed E-state index contributed by atoms with van der Waals surface area (Å²) in [4.78, 5) is 25.2. The van der Waals surface area contributed by atoms with Crippen molar-refractivity contribution < 1.29 is 9.59 Å². The standard InChI is InChI=1S/C19H14Br2N2O2S/c20-15-10-16(26-17(15)21)19(25)22-11-12-5-4-6-13(9-12)18(24)23-14-7-2-1-3-8-14/h1-10H,11H2,(H,22,25)(H,23,24). The summed E-state index contributed by atoms with van der Waals surface area (Å²) in [6, 6.07) is 18.3. The number of amides is 2. The second-order valence-corrected chi connectivity index (χ2v) is 8.66. The minimum Gasteiger partial charge on any atom is -0.347 e. The van der Waals surface area contributed by atoms with Crippen molar-refractivity contribution in [1.82, 2.24) is 5.32 Å². The van der Waals surface area contributed by atoms with E-state index in [1.165, 1.54) is 11.3 Å². The normalized spacial score (nSPS) is 10.4. The number of anilines is 1. The van der Waals surface area contributed by atoms with Gasteiger partial charge in [0.05, 0.1) is 8.66 Å². The summed E-state index contributed by atoms with van der Waals surface area (Å²) < 4.78 is 1.73. The molecule has 0 unspecified atom stereocenters.